The predicted molar refractivity (Wildman–Crippen MR) is 118 cm³/mol. The van der Waals surface area contributed by atoms with Gasteiger partial charge in [0.2, 0.25) is 11.8 Å². The van der Waals surface area contributed by atoms with E-state index >= 15 is 0 Å². The number of fused-ring (bicyclic) bond motifs is 1. The summed E-state index contributed by atoms with van der Waals surface area (Å²) in [5.74, 6) is -2.79. The van der Waals surface area contributed by atoms with Gasteiger partial charge in [0.15, 0.2) is 0 Å². The van der Waals surface area contributed by atoms with E-state index in [-0.39, 0.29) is 36.1 Å². The molecule has 1 unspecified atom stereocenters. The highest BCUT2D eigenvalue weighted by atomic mass is 16.2. The zero-order valence-corrected chi connectivity index (χ0v) is 17.9. The Morgan fingerprint density at radius 1 is 1.06 bits per heavy atom. The summed E-state index contributed by atoms with van der Waals surface area (Å²) in [4.78, 5) is 67.0. The van der Waals surface area contributed by atoms with Crippen LogP contribution in [0, 0.1) is 0 Å². The number of aromatic nitrogens is 2. The van der Waals surface area contributed by atoms with Gasteiger partial charge in [0.05, 0.1) is 17.5 Å². The van der Waals surface area contributed by atoms with Crippen molar-refractivity contribution in [1.82, 2.24) is 25.1 Å². The van der Waals surface area contributed by atoms with Crippen LogP contribution in [0.1, 0.15) is 49.5 Å². The number of carbonyl (C=O) groups is 5. The van der Waals surface area contributed by atoms with Crippen LogP contribution in [-0.2, 0) is 16.1 Å². The molecule has 0 bridgehead atoms. The molecule has 34 heavy (non-hydrogen) atoms. The summed E-state index contributed by atoms with van der Waals surface area (Å²) in [5.41, 5.74) is 2.18. The molecule has 5 amide bonds. The molecule has 1 saturated heterocycles. The van der Waals surface area contributed by atoms with Crippen molar-refractivity contribution in [2.75, 3.05) is 0 Å². The van der Waals surface area contributed by atoms with Gasteiger partial charge < -0.3 is 9.88 Å². The van der Waals surface area contributed by atoms with E-state index in [9.17, 15) is 24.0 Å². The first kappa shape index (κ1) is 21.3. The number of rotatable bonds is 5. The standard InChI is InChI=1S/C24H19N5O5/c30-20-7-6-19(22(32)27-20)29-23(33)17-5-4-15(11-18(17)24(29)34)21(31)26-12-14-2-1-3-16(10-14)28-9-8-25-13-28/h1-5,8-11,13,19H,6-7,12H2,(H,26,31)(H,27,30,32). The van der Waals surface area contributed by atoms with Gasteiger partial charge in [-0.25, -0.2) is 4.98 Å². The third-order valence-corrected chi connectivity index (χ3v) is 5.87. The first-order valence-corrected chi connectivity index (χ1v) is 10.6. The number of carbonyl (C=O) groups excluding carboxylic acids is 5. The number of imide groups is 2. The lowest BCUT2D eigenvalue weighted by Gasteiger charge is -2.27. The van der Waals surface area contributed by atoms with Crippen molar-refractivity contribution in [3.63, 3.8) is 0 Å². The molecule has 0 spiro atoms. The highest BCUT2D eigenvalue weighted by molar-refractivity contribution is 6.24. The summed E-state index contributed by atoms with van der Waals surface area (Å²) in [6.07, 6.45) is 5.29. The molecule has 0 radical (unpaired) electrons. The molecule has 1 atom stereocenters. The number of amides is 5. The normalized spacial score (nSPS) is 17.5. The first-order valence-electron chi connectivity index (χ1n) is 10.6. The van der Waals surface area contributed by atoms with Crippen molar-refractivity contribution in [2.24, 2.45) is 0 Å². The molecular formula is C24H19N5O5. The Morgan fingerprint density at radius 2 is 1.88 bits per heavy atom. The molecule has 10 heteroatoms. The van der Waals surface area contributed by atoms with Crippen molar-refractivity contribution in [1.29, 1.82) is 0 Å². The largest absolute Gasteiger partial charge is 0.348 e. The second kappa shape index (κ2) is 8.39. The number of piperidine rings is 1. The fourth-order valence-corrected chi connectivity index (χ4v) is 4.14. The van der Waals surface area contributed by atoms with Gasteiger partial charge in [-0.3, -0.25) is 34.2 Å². The van der Waals surface area contributed by atoms with E-state index in [4.69, 9.17) is 0 Å². The highest BCUT2D eigenvalue weighted by Crippen LogP contribution is 2.28. The fourth-order valence-electron chi connectivity index (χ4n) is 4.14. The number of nitrogens with zero attached hydrogens (tertiary/aromatic N) is 3. The Hall–Kier alpha value is -4.60. The van der Waals surface area contributed by atoms with Gasteiger partial charge in [0.25, 0.3) is 17.7 Å². The number of imidazole rings is 1. The summed E-state index contributed by atoms with van der Waals surface area (Å²) in [6.45, 7) is 0.258. The second-order valence-electron chi connectivity index (χ2n) is 8.03. The third-order valence-electron chi connectivity index (χ3n) is 5.87. The molecule has 2 N–H and O–H groups in total. The molecule has 1 fully saturated rings. The number of nitrogens with one attached hydrogen (secondary N) is 2. The van der Waals surface area contributed by atoms with Crippen LogP contribution in [-0.4, -0.2) is 50.0 Å². The Balaban J connectivity index is 1.30. The Labute approximate surface area is 193 Å². The topological polar surface area (TPSA) is 130 Å². The van der Waals surface area contributed by atoms with Crippen LogP contribution < -0.4 is 10.6 Å². The highest BCUT2D eigenvalue weighted by Gasteiger charge is 2.44. The quantitative estimate of drug-likeness (QED) is 0.554. The lowest BCUT2D eigenvalue weighted by molar-refractivity contribution is -0.136. The van der Waals surface area contributed by atoms with E-state index in [2.05, 4.69) is 15.6 Å². The maximum atomic E-state index is 12.9. The third kappa shape index (κ3) is 3.75. The zero-order chi connectivity index (χ0) is 23.8. The van der Waals surface area contributed by atoms with Crippen LogP contribution in [0.25, 0.3) is 5.69 Å². The van der Waals surface area contributed by atoms with Gasteiger partial charge in [-0.2, -0.15) is 0 Å². The molecule has 5 rings (SSSR count). The molecule has 170 valence electrons. The second-order valence-corrected chi connectivity index (χ2v) is 8.03. The molecule has 2 aliphatic heterocycles. The lowest BCUT2D eigenvalue weighted by atomic mass is 10.0. The van der Waals surface area contributed by atoms with Crippen LogP contribution in [0.3, 0.4) is 0 Å². The van der Waals surface area contributed by atoms with E-state index in [0.717, 1.165) is 16.2 Å². The summed E-state index contributed by atoms with van der Waals surface area (Å²) in [6, 6.07) is 10.8. The summed E-state index contributed by atoms with van der Waals surface area (Å²) in [5, 5.41) is 4.97. The van der Waals surface area contributed by atoms with Gasteiger partial charge in [-0.1, -0.05) is 12.1 Å². The van der Waals surface area contributed by atoms with Gasteiger partial charge in [-0.05, 0) is 42.3 Å². The smallest absolute Gasteiger partial charge is 0.262 e. The summed E-state index contributed by atoms with van der Waals surface area (Å²) in [7, 11) is 0. The van der Waals surface area contributed by atoms with Gasteiger partial charge in [0.1, 0.15) is 6.04 Å². The SMILES string of the molecule is O=C1CCC(N2C(=O)c3ccc(C(=O)NCc4cccc(-n5ccnc5)c4)cc3C2=O)C(=O)N1. The molecule has 3 aromatic rings. The van der Waals surface area contributed by atoms with Crippen LogP contribution in [0.15, 0.2) is 61.2 Å². The molecule has 0 saturated carbocycles. The minimum atomic E-state index is -1.05. The van der Waals surface area contributed by atoms with E-state index in [1.54, 1.807) is 12.5 Å². The number of benzene rings is 2. The average molecular weight is 457 g/mol. The van der Waals surface area contributed by atoms with Crippen molar-refractivity contribution in [3.05, 3.63) is 83.4 Å². The van der Waals surface area contributed by atoms with Gasteiger partial charge in [0, 0.05) is 36.6 Å². The monoisotopic (exact) mass is 457 g/mol. The van der Waals surface area contributed by atoms with Crippen LogP contribution in [0.2, 0.25) is 0 Å². The molecule has 2 aliphatic rings. The van der Waals surface area contributed by atoms with Crippen LogP contribution in [0.4, 0.5) is 0 Å². The summed E-state index contributed by atoms with van der Waals surface area (Å²) >= 11 is 0. The minimum absolute atomic E-state index is 0.0412. The van der Waals surface area contributed by atoms with E-state index < -0.39 is 35.6 Å². The maximum Gasteiger partial charge on any atom is 0.262 e. The predicted octanol–water partition coefficient (Wildman–Crippen LogP) is 1.20. The molecule has 10 nitrogen and oxygen atoms in total. The van der Waals surface area contributed by atoms with E-state index in [0.29, 0.717) is 0 Å². The molecule has 3 heterocycles. The fraction of sp³-hybridized carbons (Fsp3) is 0.167. The van der Waals surface area contributed by atoms with Crippen molar-refractivity contribution in [2.45, 2.75) is 25.4 Å². The first-order chi connectivity index (χ1) is 16.4. The zero-order valence-electron chi connectivity index (χ0n) is 17.9. The van der Waals surface area contributed by atoms with Crippen molar-refractivity contribution >= 4 is 29.5 Å². The summed E-state index contributed by atoms with van der Waals surface area (Å²) < 4.78 is 1.85. The molecule has 0 aliphatic carbocycles. The Morgan fingerprint density at radius 3 is 2.65 bits per heavy atom. The van der Waals surface area contributed by atoms with Crippen LogP contribution >= 0.6 is 0 Å². The molecular weight excluding hydrogens is 438 g/mol. The van der Waals surface area contributed by atoms with E-state index in [1.807, 2.05) is 35.0 Å². The van der Waals surface area contributed by atoms with Crippen molar-refractivity contribution < 1.29 is 24.0 Å². The van der Waals surface area contributed by atoms with Crippen LogP contribution in [0.5, 0.6) is 0 Å². The Bertz CT molecular complexity index is 1350. The lowest BCUT2D eigenvalue weighted by Crippen LogP contribution is -2.54. The molecule has 1 aromatic heterocycles. The number of hydrogen-bond donors (Lipinski definition) is 2. The average Bonchev–Trinajstić information content (AvgIpc) is 3.46. The maximum absolute atomic E-state index is 12.9. The van der Waals surface area contributed by atoms with Gasteiger partial charge in [-0.15, -0.1) is 0 Å². The minimum Gasteiger partial charge on any atom is -0.348 e. The number of hydrogen-bond acceptors (Lipinski definition) is 6. The van der Waals surface area contributed by atoms with Crippen molar-refractivity contribution in [3.8, 4) is 5.69 Å². The molecule has 2 aromatic carbocycles. The van der Waals surface area contributed by atoms with Gasteiger partial charge >= 0.3 is 0 Å². The van der Waals surface area contributed by atoms with E-state index in [1.165, 1.54) is 18.2 Å². The Kier molecular flexibility index (Phi) is 5.25.